The molecule has 3 aromatic carbocycles. The Bertz CT molecular complexity index is 1210. The molecule has 2 amide bonds. The van der Waals surface area contributed by atoms with Gasteiger partial charge in [-0.1, -0.05) is 24.3 Å². The second kappa shape index (κ2) is 7.70. The lowest BCUT2D eigenvalue weighted by atomic mass is 10.0. The Morgan fingerprint density at radius 1 is 0.938 bits per heavy atom. The van der Waals surface area contributed by atoms with E-state index in [0.717, 1.165) is 12.1 Å². The summed E-state index contributed by atoms with van der Waals surface area (Å²) in [5.74, 6) is -2.28. The van der Waals surface area contributed by atoms with Gasteiger partial charge in [0.05, 0.1) is 12.2 Å². The minimum atomic E-state index is -1.34. The molecule has 3 aromatic rings. The smallest absolute Gasteiger partial charge is 0.268 e. The van der Waals surface area contributed by atoms with Crippen molar-refractivity contribution in [3.63, 3.8) is 0 Å². The summed E-state index contributed by atoms with van der Waals surface area (Å²) in [6.07, 6.45) is 0. The Labute approximate surface area is 186 Å². The van der Waals surface area contributed by atoms with E-state index in [1.165, 1.54) is 51.9 Å². The van der Waals surface area contributed by atoms with Crippen LogP contribution in [0.15, 0.2) is 66.7 Å². The second-order valence-electron chi connectivity index (χ2n) is 7.56. The van der Waals surface area contributed by atoms with Gasteiger partial charge in [-0.05, 0) is 42.5 Å². The lowest BCUT2D eigenvalue weighted by Crippen LogP contribution is -2.50. The first kappa shape index (κ1) is 20.6. The zero-order chi connectivity index (χ0) is 22.5. The maximum atomic E-state index is 14.4. The normalized spacial score (nSPS) is 19.7. The summed E-state index contributed by atoms with van der Waals surface area (Å²) in [7, 11) is 0. The molecule has 1 fully saturated rings. The second-order valence-corrected chi connectivity index (χ2v) is 8.85. The number of halogens is 3. The molecule has 0 N–H and O–H groups in total. The number of hydrogen-bond donors (Lipinski definition) is 0. The van der Waals surface area contributed by atoms with Crippen molar-refractivity contribution in [2.45, 2.75) is 11.4 Å². The molecule has 5 rings (SSSR count). The number of amides is 2. The summed E-state index contributed by atoms with van der Waals surface area (Å²) >= 11 is 1.31. The summed E-state index contributed by atoms with van der Waals surface area (Å²) in [5.41, 5.74) is 1.15. The summed E-state index contributed by atoms with van der Waals surface area (Å²) < 4.78 is 42.1. The number of para-hydroxylation sites is 1. The van der Waals surface area contributed by atoms with E-state index in [4.69, 9.17) is 0 Å². The third kappa shape index (κ3) is 3.01. The van der Waals surface area contributed by atoms with Crippen LogP contribution in [-0.4, -0.2) is 29.0 Å². The van der Waals surface area contributed by atoms with E-state index in [2.05, 4.69) is 0 Å². The van der Waals surface area contributed by atoms with Crippen molar-refractivity contribution in [3.8, 4) is 0 Å². The highest BCUT2D eigenvalue weighted by molar-refractivity contribution is 8.01. The first-order chi connectivity index (χ1) is 15.4. The number of carbonyl (C=O) groups is 2. The molecule has 2 heterocycles. The summed E-state index contributed by atoms with van der Waals surface area (Å²) in [4.78, 5) is 28.6. The SMILES string of the molecule is O=C(c1ccc(F)cc1)N1CCSC12C(=O)N(Cc1c(F)cccc1F)c1ccccc12. The molecule has 0 aromatic heterocycles. The van der Waals surface area contributed by atoms with Crippen LogP contribution in [0, 0.1) is 17.5 Å². The summed E-state index contributed by atoms with van der Waals surface area (Å²) in [5, 5.41) is 0. The molecule has 8 heteroatoms. The monoisotopic (exact) mass is 454 g/mol. The van der Waals surface area contributed by atoms with Gasteiger partial charge in [-0.3, -0.25) is 9.59 Å². The van der Waals surface area contributed by atoms with Gasteiger partial charge in [0.2, 0.25) is 0 Å². The van der Waals surface area contributed by atoms with E-state index in [1.54, 1.807) is 24.3 Å². The zero-order valence-corrected chi connectivity index (χ0v) is 17.5. The van der Waals surface area contributed by atoms with Crippen molar-refractivity contribution in [1.82, 2.24) is 4.90 Å². The molecule has 32 heavy (non-hydrogen) atoms. The van der Waals surface area contributed by atoms with E-state index in [9.17, 15) is 22.8 Å². The van der Waals surface area contributed by atoms with Gasteiger partial charge in [0, 0.05) is 29.0 Å². The molecule has 1 saturated heterocycles. The van der Waals surface area contributed by atoms with Crippen LogP contribution in [-0.2, 0) is 16.2 Å². The lowest BCUT2D eigenvalue weighted by molar-refractivity contribution is -0.123. The first-order valence-corrected chi connectivity index (χ1v) is 11.0. The predicted octanol–water partition coefficient (Wildman–Crippen LogP) is 4.69. The number of anilines is 1. The molecule has 1 spiro atoms. The molecule has 2 aliphatic rings. The topological polar surface area (TPSA) is 40.6 Å². The highest BCUT2D eigenvalue weighted by Gasteiger charge is 2.59. The number of benzene rings is 3. The highest BCUT2D eigenvalue weighted by atomic mass is 32.2. The van der Waals surface area contributed by atoms with Gasteiger partial charge in [-0.2, -0.15) is 0 Å². The standard InChI is InChI=1S/C24H17F3N2O2S/c25-16-10-8-15(9-11-16)22(30)29-12-13-32-24(29)18-4-1-2-7-21(18)28(23(24)31)14-17-19(26)5-3-6-20(17)27/h1-11H,12-14H2. The van der Waals surface area contributed by atoms with Crippen molar-refractivity contribution < 1.29 is 22.8 Å². The molecule has 0 saturated carbocycles. The number of nitrogens with zero attached hydrogens (tertiary/aromatic N) is 2. The Hall–Kier alpha value is -3.26. The predicted molar refractivity (Wildman–Crippen MR) is 116 cm³/mol. The van der Waals surface area contributed by atoms with Crippen LogP contribution in [0.3, 0.4) is 0 Å². The van der Waals surface area contributed by atoms with E-state index < -0.39 is 34.1 Å². The van der Waals surface area contributed by atoms with Crippen LogP contribution in [0.2, 0.25) is 0 Å². The van der Waals surface area contributed by atoms with Crippen molar-refractivity contribution in [3.05, 3.63) is 101 Å². The van der Waals surface area contributed by atoms with E-state index in [1.807, 2.05) is 0 Å². The lowest BCUT2D eigenvalue weighted by Gasteiger charge is -2.33. The Balaban J connectivity index is 1.59. The maximum absolute atomic E-state index is 14.4. The Morgan fingerprint density at radius 3 is 2.34 bits per heavy atom. The molecule has 4 nitrogen and oxygen atoms in total. The van der Waals surface area contributed by atoms with Crippen LogP contribution in [0.1, 0.15) is 21.5 Å². The van der Waals surface area contributed by atoms with Gasteiger partial charge in [-0.15, -0.1) is 11.8 Å². The molecule has 0 bridgehead atoms. The average Bonchev–Trinajstić information content (AvgIpc) is 3.33. The maximum Gasteiger partial charge on any atom is 0.268 e. The van der Waals surface area contributed by atoms with Crippen molar-refractivity contribution in [1.29, 1.82) is 0 Å². The van der Waals surface area contributed by atoms with Gasteiger partial charge < -0.3 is 9.80 Å². The fourth-order valence-corrected chi connectivity index (χ4v) is 5.78. The number of hydrogen-bond acceptors (Lipinski definition) is 3. The molecular weight excluding hydrogens is 437 g/mol. The summed E-state index contributed by atoms with van der Waals surface area (Å²) in [6.45, 7) is 0.0120. The largest absolute Gasteiger partial charge is 0.311 e. The van der Waals surface area contributed by atoms with Gasteiger partial charge in [0.1, 0.15) is 17.5 Å². The molecule has 0 radical (unpaired) electrons. The van der Waals surface area contributed by atoms with Crippen LogP contribution in [0.4, 0.5) is 18.9 Å². The average molecular weight is 454 g/mol. The first-order valence-electron chi connectivity index (χ1n) is 9.99. The Kier molecular flexibility index (Phi) is 4.97. The Morgan fingerprint density at radius 2 is 1.62 bits per heavy atom. The van der Waals surface area contributed by atoms with Crippen LogP contribution in [0.5, 0.6) is 0 Å². The van der Waals surface area contributed by atoms with E-state index in [-0.39, 0.29) is 17.7 Å². The summed E-state index contributed by atoms with van der Waals surface area (Å²) in [6, 6.07) is 15.7. The van der Waals surface area contributed by atoms with Gasteiger partial charge in [0.25, 0.3) is 11.8 Å². The molecule has 1 unspecified atom stereocenters. The van der Waals surface area contributed by atoms with Crippen LogP contribution < -0.4 is 4.90 Å². The minimum Gasteiger partial charge on any atom is -0.311 e. The molecule has 2 aliphatic heterocycles. The van der Waals surface area contributed by atoms with Crippen LogP contribution in [0.25, 0.3) is 0 Å². The van der Waals surface area contributed by atoms with Gasteiger partial charge in [-0.25, -0.2) is 13.2 Å². The van der Waals surface area contributed by atoms with Crippen LogP contribution >= 0.6 is 11.8 Å². The third-order valence-electron chi connectivity index (χ3n) is 5.82. The minimum absolute atomic E-state index is 0.216. The molecule has 0 aliphatic carbocycles. The van der Waals surface area contributed by atoms with Crippen molar-refractivity contribution in [2.75, 3.05) is 17.2 Å². The number of thioether (sulfide) groups is 1. The van der Waals surface area contributed by atoms with E-state index >= 15 is 0 Å². The molecular formula is C24H17F3N2O2S. The molecule has 162 valence electrons. The zero-order valence-electron chi connectivity index (χ0n) is 16.7. The number of fused-ring (bicyclic) bond motifs is 2. The number of rotatable bonds is 3. The van der Waals surface area contributed by atoms with Crippen molar-refractivity contribution >= 4 is 29.3 Å². The quantitative estimate of drug-likeness (QED) is 0.577. The van der Waals surface area contributed by atoms with Crippen molar-refractivity contribution in [2.24, 2.45) is 0 Å². The highest BCUT2D eigenvalue weighted by Crippen LogP contribution is 2.54. The fraction of sp³-hybridized carbons (Fsp3) is 0.167. The fourth-order valence-electron chi connectivity index (χ4n) is 4.31. The number of carbonyl (C=O) groups excluding carboxylic acids is 2. The van der Waals surface area contributed by atoms with Gasteiger partial charge in [0.15, 0.2) is 4.87 Å². The van der Waals surface area contributed by atoms with E-state index in [0.29, 0.717) is 23.5 Å². The third-order valence-corrected chi connectivity index (χ3v) is 7.23. The van der Waals surface area contributed by atoms with Gasteiger partial charge >= 0.3 is 0 Å². The molecule has 1 atom stereocenters.